The van der Waals surface area contributed by atoms with Gasteiger partial charge in [-0.3, -0.25) is 10.1 Å². The number of para-hydroxylation sites is 1. The standard InChI is InChI=1S/C13H17N4O2/c1-14-12-9-15-7-8-16(12)13(19)17(10-18)11-5-3-2-4-6-11/h2-6,12,14-15H,7-9H2,1H3. The lowest BCUT2D eigenvalue weighted by Crippen LogP contribution is -2.61. The number of rotatable bonds is 3. The largest absolute Gasteiger partial charge is 0.333 e. The Morgan fingerprint density at radius 1 is 1.47 bits per heavy atom. The minimum absolute atomic E-state index is 0.124. The van der Waals surface area contributed by atoms with E-state index >= 15 is 0 Å². The number of likely N-dealkylation sites (N-methyl/N-ethyl adjacent to an activating group) is 1. The van der Waals surface area contributed by atoms with E-state index < -0.39 is 0 Å². The van der Waals surface area contributed by atoms with Gasteiger partial charge in [0, 0.05) is 19.6 Å². The number of carbonyl (C=O) groups is 1. The number of nitrogens with zero attached hydrogens (tertiary/aromatic N) is 2. The van der Waals surface area contributed by atoms with Crippen molar-refractivity contribution in [3.05, 3.63) is 30.3 Å². The second-order valence-electron chi connectivity index (χ2n) is 4.25. The van der Waals surface area contributed by atoms with Gasteiger partial charge >= 0.3 is 12.4 Å². The Balaban J connectivity index is 2.18. The van der Waals surface area contributed by atoms with Crippen molar-refractivity contribution in [2.24, 2.45) is 0 Å². The molecule has 1 unspecified atom stereocenters. The molecule has 1 radical (unpaired) electrons. The molecule has 0 saturated carbocycles. The highest BCUT2D eigenvalue weighted by Gasteiger charge is 2.29. The topological polar surface area (TPSA) is 64.7 Å². The number of hydrogen-bond acceptors (Lipinski definition) is 4. The molecule has 1 saturated heterocycles. The lowest BCUT2D eigenvalue weighted by atomic mass is 10.3. The molecule has 0 aliphatic carbocycles. The lowest BCUT2D eigenvalue weighted by Gasteiger charge is -2.37. The number of carbonyl (C=O) groups excluding carboxylic acids is 2. The molecule has 6 heteroatoms. The van der Waals surface area contributed by atoms with Gasteiger partial charge in [0.2, 0.25) is 0 Å². The van der Waals surface area contributed by atoms with E-state index in [-0.39, 0.29) is 12.2 Å². The van der Waals surface area contributed by atoms with Crippen LogP contribution < -0.4 is 15.5 Å². The normalized spacial score (nSPS) is 19.0. The summed E-state index contributed by atoms with van der Waals surface area (Å²) in [5, 5.41) is 6.25. The van der Waals surface area contributed by atoms with Crippen molar-refractivity contribution in [1.82, 2.24) is 15.5 Å². The fourth-order valence-corrected chi connectivity index (χ4v) is 2.10. The van der Waals surface area contributed by atoms with Gasteiger partial charge in [0.05, 0.1) is 11.9 Å². The van der Waals surface area contributed by atoms with Crippen molar-refractivity contribution < 1.29 is 9.59 Å². The molecule has 1 aliphatic rings. The zero-order valence-corrected chi connectivity index (χ0v) is 10.8. The molecule has 6 nitrogen and oxygen atoms in total. The van der Waals surface area contributed by atoms with Crippen LogP contribution in [-0.2, 0) is 4.79 Å². The first kappa shape index (κ1) is 13.5. The summed E-state index contributed by atoms with van der Waals surface area (Å²) in [5.74, 6) is 0. The second-order valence-corrected chi connectivity index (χ2v) is 4.25. The minimum Gasteiger partial charge on any atom is -0.312 e. The van der Waals surface area contributed by atoms with Crippen LogP contribution in [0.1, 0.15) is 0 Å². The molecule has 2 rings (SSSR count). The quantitative estimate of drug-likeness (QED) is 0.759. The fourth-order valence-electron chi connectivity index (χ4n) is 2.10. The summed E-state index contributed by atoms with van der Waals surface area (Å²) in [4.78, 5) is 26.2. The molecule has 0 aromatic heterocycles. The fraction of sp³-hybridized carbons (Fsp3) is 0.385. The summed E-state index contributed by atoms with van der Waals surface area (Å²) in [5.41, 5.74) is 0.524. The Kier molecular flexibility index (Phi) is 4.48. The maximum atomic E-state index is 12.4. The van der Waals surface area contributed by atoms with E-state index in [1.807, 2.05) is 6.07 Å². The van der Waals surface area contributed by atoms with Gasteiger partial charge in [-0.1, -0.05) is 18.2 Å². The highest BCUT2D eigenvalue weighted by atomic mass is 16.2. The van der Waals surface area contributed by atoms with Crippen LogP contribution in [0, 0.1) is 0 Å². The SMILES string of the molecule is CNC1CNCCN1C(=O)N([C]=O)c1ccccc1. The van der Waals surface area contributed by atoms with Crippen LogP contribution in [0.3, 0.4) is 0 Å². The summed E-state index contributed by atoms with van der Waals surface area (Å²) >= 11 is 0. The molecule has 1 fully saturated rings. The van der Waals surface area contributed by atoms with E-state index in [0.29, 0.717) is 25.3 Å². The highest BCUT2D eigenvalue weighted by molar-refractivity contribution is 6.06. The highest BCUT2D eigenvalue weighted by Crippen LogP contribution is 2.15. The predicted octanol–water partition coefficient (Wildman–Crippen LogP) is 0.131. The van der Waals surface area contributed by atoms with Crippen LogP contribution in [0.2, 0.25) is 0 Å². The average molecular weight is 261 g/mol. The Morgan fingerprint density at radius 2 is 2.21 bits per heavy atom. The molecule has 3 amide bonds. The van der Waals surface area contributed by atoms with Crippen molar-refractivity contribution >= 4 is 18.1 Å². The molecule has 2 N–H and O–H groups in total. The maximum Gasteiger partial charge on any atom is 0.333 e. The zero-order valence-electron chi connectivity index (χ0n) is 10.8. The summed E-state index contributed by atoms with van der Waals surface area (Å²) in [6.45, 7) is 1.92. The van der Waals surface area contributed by atoms with Crippen LogP contribution >= 0.6 is 0 Å². The molecule has 1 atom stereocenters. The molecular formula is C13H17N4O2. The summed E-state index contributed by atoms with van der Waals surface area (Å²) in [7, 11) is 1.79. The molecule has 1 aliphatic heterocycles. The second kappa shape index (κ2) is 6.31. The number of amides is 3. The third kappa shape index (κ3) is 2.91. The maximum absolute atomic E-state index is 12.4. The van der Waals surface area contributed by atoms with Crippen LogP contribution in [-0.4, -0.2) is 50.2 Å². The number of piperazine rings is 1. The smallest absolute Gasteiger partial charge is 0.312 e. The first-order chi connectivity index (χ1) is 9.27. The van der Waals surface area contributed by atoms with Gasteiger partial charge in [-0.2, -0.15) is 0 Å². The molecular weight excluding hydrogens is 244 g/mol. The first-order valence-corrected chi connectivity index (χ1v) is 6.19. The van der Waals surface area contributed by atoms with Crippen LogP contribution in [0.25, 0.3) is 0 Å². The molecule has 0 bridgehead atoms. The van der Waals surface area contributed by atoms with Crippen molar-refractivity contribution in [3.8, 4) is 0 Å². The van der Waals surface area contributed by atoms with Gasteiger partial charge in [0.25, 0.3) is 0 Å². The predicted molar refractivity (Wildman–Crippen MR) is 72.4 cm³/mol. The van der Waals surface area contributed by atoms with Gasteiger partial charge in [0.1, 0.15) is 0 Å². The van der Waals surface area contributed by atoms with E-state index in [1.54, 1.807) is 42.6 Å². The van der Waals surface area contributed by atoms with Crippen LogP contribution in [0.4, 0.5) is 10.5 Å². The van der Waals surface area contributed by atoms with E-state index in [0.717, 1.165) is 4.90 Å². The van der Waals surface area contributed by atoms with E-state index in [2.05, 4.69) is 10.6 Å². The number of benzene rings is 1. The van der Waals surface area contributed by atoms with E-state index in [1.165, 1.54) is 0 Å². The number of urea groups is 1. The lowest BCUT2D eigenvalue weighted by molar-refractivity contribution is 0.154. The summed E-state index contributed by atoms with van der Waals surface area (Å²) in [6.07, 6.45) is 1.58. The molecule has 0 spiro atoms. The molecule has 101 valence electrons. The van der Waals surface area contributed by atoms with Gasteiger partial charge < -0.3 is 10.2 Å². The number of anilines is 1. The summed E-state index contributed by atoms with van der Waals surface area (Å²) < 4.78 is 0. The van der Waals surface area contributed by atoms with Gasteiger partial charge in [-0.05, 0) is 19.2 Å². The number of imide groups is 1. The molecule has 1 aromatic rings. The van der Waals surface area contributed by atoms with Crippen molar-refractivity contribution in [3.63, 3.8) is 0 Å². The van der Waals surface area contributed by atoms with Gasteiger partial charge in [-0.15, -0.1) is 0 Å². The third-order valence-electron chi connectivity index (χ3n) is 3.12. The van der Waals surface area contributed by atoms with Crippen molar-refractivity contribution in [2.45, 2.75) is 6.17 Å². The van der Waals surface area contributed by atoms with E-state index in [9.17, 15) is 9.59 Å². The summed E-state index contributed by atoms with van der Waals surface area (Å²) in [6, 6.07) is 8.44. The Morgan fingerprint density at radius 3 is 2.84 bits per heavy atom. The molecule has 1 aromatic carbocycles. The average Bonchev–Trinajstić information content (AvgIpc) is 2.49. The first-order valence-electron chi connectivity index (χ1n) is 6.19. The number of nitrogens with one attached hydrogen (secondary N) is 2. The van der Waals surface area contributed by atoms with E-state index in [4.69, 9.17) is 0 Å². The molecule has 19 heavy (non-hydrogen) atoms. The Bertz CT molecular complexity index is 438. The monoisotopic (exact) mass is 261 g/mol. The van der Waals surface area contributed by atoms with Gasteiger partial charge in [0.15, 0.2) is 0 Å². The Labute approximate surface area is 112 Å². The number of hydrogen-bond donors (Lipinski definition) is 2. The Hall–Kier alpha value is -1.92. The molecule has 1 heterocycles. The van der Waals surface area contributed by atoms with Gasteiger partial charge in [-0.25, -0.2) is 9.69 Å². The third-order valence-corrected chi connectivity index (χ3v) is 3.12. The van der Waals surface area contributed by atoms with Crippen molar-refractivity contribution in [1.29, 1.82) is 0 Å². The van der Waals surface area contributed by atoms with Crippen molar-refractivity contribution in [2.75, 3.05) is 31.6 Å². The minimum atomic E-state index is -0.359. The van der Waals surface area contributed by atoms with Crippen LogP contribution in [0.15, 0.2) is 30.3 Å². The van der Waals surface area contributed by atoms with Crippen LogP contribution in [0.5, 0.6) is 0 Å². The zero-order chi connectivity index (χ0) is 13.7.